The molecule has 1 aliphatic carbocycles. The van der Waals surface area contributed by atoms with Gasteiger partial charge in [-0.25, -0.2) is 9.97 Å². The third-order valence-electron chi connectivity index (χ3n) is 7.14. The van der Waals surface area contributed by atoms with E-state index in [-0.39, 0.29) is 11.8 Å². The molecule has 0 spiro atoms. The normalized spacial score (nSPS) is 19.4. The van der Waals surface area contributed by atoms with Gasteiger partial charge in [0.1, 0.15) is 11.6 Å². The molecule has 1 saturated heterocycles. The fourth-order valence-corrected chi connectivity index (χ4v) is 5.43. The highest BCUT2D eigenvalue weighted by molar-refractivity contribution is 5.79. The first-order valence-electron chi connectivity index (χ1n) is 12.1. The predicted octanol–water partition coefficient (Wildman–Crippen LogP) is 2.70. The van der Waals surface area contributed by atoms with Gasteiger partial charge in [0.05, 0.1) is 12.5 Å². The van der Waals surface area contributed by atoms with Crippen LogP contribution in [0.1, 0.15) is 48.6 Å². The first kappa shape index (κ1) is 20.3. The van der Waals surface area contributed by atoms with Crippen LogP contribution in [0.25, 0.3) is 11.4 Å². The summed E-state index contributed by atoms with van der Waals surface area (Å²) in [6, 6.07) is 10.2. The molecule has 170 valence electrons. The number of carbonyl (C=O) groups is 1. The SMILES string of the molecule is O=C(NCc1nnc2n1CCC2)[C@@H]1CCCN(c2nc(-c3ccccc3)nc3c2CCC3)C1. The summed E-state index contributed by atoms with van der Waals surface area (Å²) in [4.78, 5) is 25.3. The zero-order valence-electron chi connectivity index (χ0n) is 18.8. The van der Waals surface area contributed by atoms with Gasteiger partial charge >= 0.3 is 0 Å². The van der Waals surface area contributed by atoms with Crippen LogP contribution < -0.4 is 10.2 Å². The van der Waals surface area contributed by atoms with Crippen LogP contribution in [0.2, 0.25) is 0 Å². The third kappa shape index (κ3) is 3.87. The lowest BCUT2D eigenvalue weighted by Crippen LogP contribution is -2.43. The van der Waals surface area contributed by atoms with Crippen LogP contribution in [0, 0.1) is 5.92 Å². The van der Waals surface area contributed by atoms with E-state index in [2.05, 4.69) is 37.1 Å². The largest absolute Gasteiger partial charge is 0.355 e. The molecule has 1 fully saturated rings. The van der Waals surface area contributed by atoms with Gasteiger partial charge < -0.3 is 14.8 Å². The van der Waals surface area contributed by atoms with E-state index >= 15 is 0 Å². The highest BCUT2D eigenvalue weighted by Crippen LogP contribution is 2.33. The topological polar surface area (TPSA) is 88.8 Å². The van der Waals surface area contributed by atoms with Crippen molar-refractivity contribution in [1.82, 2.24) is 30.0 Å². The lowest BCUT2D eigenvalue weighted by molar-refractivity contribution is -0.125. The molecule has 1 N–H and O–H groups in total. The van der Waals surface area contributed by atoms with Crippen LogP contribution in [-0.4, -0.2) is 43.7 Å². The highest BCUT2D eigenvalue weighted by atomic mass is 16.1. The number of anilines is 1. The molecule has 0 unspecified atom stereocenters. The Hall–Kier alpha value is -3.29. The number of aromatic nitrogens is 5. The maximum absolute atomic E-state index is 13.1. The minimum atomic E-state index is -0.0492. The molecule has 6 rings (SSSR count). The van der Waals surface area contributed by atoms with Gasteiger partial charge in [-0.3, -0.25) is 4.79 Å². The second-order valence-electron chi connectivity index (χ2n) is 9.31. The Morgan fingerprint density at radius 2 is 1.91 bits per heavy atom. The van der Waals surface area contributed by atoms with Crippen LogP contribution in [-0.2, 0) is 37.1 Å². The Labute approximate surface area is 193 Å². The number of hydrogen-bond donors (Lipinski definition) is 1. The zero-order valence-corrected chi connectivity index (χ0v) is 18.8. The average molecular weight is 444 g/mol. The van der Waals surface area contributed by atoms with Gasteiger partial charge in [0.15, 0.2) is 11.6 Å². The number of hydrogen-bond acceptors (Lipinski definition) is 6. The minimum Gasteiger partial charge on any atom is -0.355 e. The predicted molar refractivity (Wildman–Crippen MR) is 125 cm³/mol. The third-order valence-corrected chi connectivity index (χ3v) is 7.14. The molecule has 0 saturated carbocycles. The lowest BCUT2D eigenvalue weighted by atomic mass is 9.96. The molecule has 1 amide bonds. The van der Waals surface area contributed by atoms with Crippen molar-refractivity contribution < 1.29 is 4.79 Å². The number of aryl methyl sites for hydroxylation is 2. The van der Waals surface area contributed by atoms with Crippen LogP contribution >= 0.6 is 0 Å². The zero-order chi connectivity index (χ0) is 22.2. The molecule has 2 aliphatic heterocycles. The Bertz CT molecular complexity index is 1170. The molecule has 0 bridgehead atoms. The van der Waals surface area contributed by atoms with Crippen LogP contribution in [0.15, 0.2) is 30.3 Å². The van der Waals surface area contributed by atoms with E-state index in [0.29, 0.717) is 13.1 Å². The van der Waals surface area contributed by atoms with Crippen molar-refractivity contribution in [3.63, 3.8) is 0 Å². The summed E-state index contributed by atoms with van der Waals surface area (Å²) in [7, 11) is 0. The molecule has 33 heavy (non-hydrogen) atoms. The van der Waals surface area contributed by atoms with Crippen molar-refractivity contribution in [2.75, 3.05) is 18.0 Å². The maximum atomic E-state index is 13.1. The van der Waals surface area contributed by atoms with Crippen molar-refractivity contribution in [3.8, 4) is 11.4 Å². The van der Waals surface area contributed by atoms with E-state index in [4.69, 9.17) is 9.97 Å². The molecule has 3 aliphatic rings. The standard InChI is InChI=1S/C25H29N7O/c33-25(26-15-22-30-29-21-12-6-14-32(21)22)18-9-5-13-31(16-18)24-19-10-4-11-20(19)27-23(28-24)17-7-2-1-3-8-17/h1-3,7-8,18H,4-6,9-16H2,(H,26,33)/t18-/m1/s1. The molecule has 1 aromatic carbocycles. The first-order chi connectivity index (χ1) is 16.3. The summed E-state index contributed by atoms with van der Waals surface area (Å²) in [6.07, 6.45) is 7.12. The summed E-state index contributed by atoms with van der Waals surface area (Å²) < 4.78 is 2.14. The number of carbonyl (C=O) groups excluding carboxylic acids is 1. The van der Waals surface area contributed by atoms with E-state index in [9.17, 15) is 4.79 Å². The number of fused-ring (bicyclic) bond motifs is 2. The molecule has 1 atom stereocenters. The Balaban J connectivity index is 1.19. The van der Waals surface area contributed by atoms with Crippen molar-refractivity contribution in [2.45, 2.75) is 58.0 Å². The van der Waals surface area contributed by atoms with E-state index in [1.54, 1.807) is 0 Å². The fraction of sp³-hybridized carbons (Fsp3) is 0.480. The monoisotopic (exact) mass is 443 g/mol. The van der Waals surface area contributed by atoms with Crippen LogP contribution in [0.3, 0.4) is 0 Å². The van der Waals surface area contributed by atoms with E-state index in [1.165, 1.54) is 11.3 Å². The lowest BCUT2D eigenvalue weighted by Gasteiger charge is -2.34. The molecule has 0 radical (unpaired) electrons. The van der Waals surface area contributed by atoms with Crippen molar-refractivity contribution in [1.29, 1.82) is 0 Å². The van der Waals surface area contributed by atoms with Crippen molar-refractivity contribution >= 4 is 11.7 Å². The number of rotatable bonds is 5. The van der Waals surface area contributed by atoms with E-state index in [1.807, 2.05) is 18.2 Å². The summed E-state index contributed by atoms with van der Waals surface area (Å²) in [5.41, 5.74) is 3.49. The van der Waals surface area contributed by atoms with Crippen LogP contribution in [0.4, 0.5) is 5.82 Å². The summed E-state index contributed by atoms with van der Waals surface area (Å²) in [5, 5.41) is 11.6. The number of nitrogens with zero attached hydrogens (tertiary/aromatic N) is 6. The molecule has 2 aromatic heterocycles. The van der Waals surface area contributed by atoms with Gasteiger partial charge in [0.25, 0.3) is 0 Å². The van der Waals surface area contributed by atoms with Crippen molar-refractivity contribution in [3.05, 3.63) is 53.2 Å². The summed E-state index contributed by atoms with van der Waals surface area (Å²) >= 11 is 0. The molecule has 3 aromatic rings. The number of amides is 1. The van der Waals surface area contributed by atoms with Gasteiger partial charge in [-0.1, -0.05) is 30.3 Å². The number of piperidine rings is 1. The smallest absolute Gasteiger partial charge is 0.225 e. The van der Waals surface area contributed by atoms with Gasteiger partial charge in [-0.15, -0.1) is 10.2 Å². The number of nitrogens with one attached hydrogen (secondary N) is 1. The summed E-state index contributed by atoms with van der Waals surface area (Å²) in [6.45, 7) is 3.03. The molecular formula is C25H29N7O. The first-order valence-corrected chi connectivity index (χ1v) is 12.1. The second-order valence-corrected chi connectivity index (χ2v) is 9.31. The Morgan fingerprint density at radius 3 is 2.82 bits per heavy atom. The summed E-state index contributed by atoms with van der Waals surface area (Å²) in [5.74, 6) is 3.78. The van der Waals surface area contributed by atoms with Gasteiger partial charge in [0, 0.05) is 42.9 Å². The van der Waals surface area contributed by atoms with Gasteiger partial charge in [-0.05, 0) is 38.5 Å². The van der Waals surface area contributed by atoms with E-state index < -0.39 is 0 Å². The van der Waals surface area contributed by atoms with Gasteiger partial charge in [-0.2, -0.15) is 0 Å². The highest BCUT2D eigenvalue weighted by Gasteiger charge is 2.30. The maximum Gasteiger partial charge on any atom is 0.225 e. The van der Waals surface area contributed by atoms with Gasteiger partial charge in [0.2, 0.25) is 5.91 Å². The van der Waals surface area contributed by atoms with Crippen LogP contribution in [0.5, 0.6) is 0 Å². The Kier molecular flexibility index (Phi) is 5.28. The Morgan fingerprint density at radius 1 is 1.00 bits per heavy atom. The molecule has 8 heteroatoms. The number of benzene rings is 1. The van der Waals surface area contributed by atoms with E-state index in [0.717, 1.165) is 86.9 Å². The average Bonchev–Trinajstić information content (AvgIpc) is 3.60. The second kappa shape index (κ2) is 8.57. The molecular weight excluding hydrogens is 414 g/mol. The molecule has 8 nitrogen and oxygen atoms in total. The fourth-order valence-electron chi connectivity index (χ4n) is 5.43. The van der Waals surface area contributed by atoms with Crippen molar-refractivity contribution in [2.24, 2.45) is 5.92 Å². The minimum absolute atomic E-state index is 0.0492. The quantitative estimate of drug-likeness (QED) is 0.652. The molecule has 4 heterocycles.